The Morgan fingerprint density at radius 3 is 2.85 bits per heavy atom. The first-order valence-corrected chi connectivity index (χ1v) is 6.26. The highest BCUT2D eigenvalue weighted by Gasteiger charge is 2.37. The van der Waals surface area contributed by atoms with Gasteiger partial charge in [0.1, 0.15) is 11.9 Å². The minimum absolute atomic E-state index is 0.185. The third-order valence-electron chi connectivity index (χ3n) is 3.63. The molecule has 1 fully saturated rings. The van der Waals surface area contributed by atoms with Crippen molar-refractivity contribution in [1.29, 1.82) is 0 Å². The molecular weight excluding hydrogens is 259 g/mol. The molecule has 0 radical (unpaired) electrons. The second-order valence-electron chi connectivity index (χ2n) is 4.86. The van der Waals surface area contributed by atoms with Crippen molar-refractivity contribution in [2.45, 2.75) is 13.0 Å². The number of rotatable bonds is 2. The molecular formula is C15H13FN2O2. The lowest BCUT2D eigenvalue weighted by molar-refractivity contribution is -0.139. The van der Waals surface area contributed by atoms with Crippen LogP contribution in [0, 0.1) is 11.7 Å². The van der Waals surface area contributed by atoms with E-state index < -0.39 is 12.1 Å². The molecule has 1 aliphatic heterocycles. The van der Waals surface area contributed by atoms with Crippen LogP contribution in [0.4, 0.5) is 4.39 Å². The second kappa shape index (κ2) is 4.59. The summed E-state index contributed by atoms with van der Waals surface area (Å²) in [6, 6.07) is 4.44. The fourth-order valence-corrected chi connectivity index (χ4v) is 2.42. The van der Waals surface area contributed by atoms with Crippen LogP contribution in [0.5, 0.6) is 0 Å². The van der Waals surface area contributed by atoms with Gasteiger partial charge in [0, 0.05) is 28.8 Å². The van der Waals surface area contributed by atoms with Gasteiger partial charge in [0.15, 0.2) is 0 Å². The van der Waals surface area contributed by atoms with Crippen molar-refractivity contribution in [3.8, 4) is 11.1 Å². The molecule has 0 bridgehead atoms. The maximum atomic E-state index is 13.6. The zero-order valence-corrected chi connectivity index (χ0v) is 10.9. The molecule has 2 heterocycles. The number of esters is 1. The predicted molar refractivity (Wildman–Crippen MR) is 71.1 cm³/mol. The molecule has 2 unspecified atom stereocenters. The Hall–Kier alpha value is -2.43. The van der Waals surface area contributed by atoms with Gasteiger partial charge in [-0.05, 0) is 17.7 Å². The van der Waals surface area contributed by atoms with Gasteiger partial charge in [0.05, 0.1) is 6.20 Å². The highest BCUT2D eigenvalue weighted by atomic mass is 19.1. The van der Waals surface area contributed by atoms with Crippen molar-refractivity contribution in [2.24, 2.45) is 5.92 Å². The maximum Gasteiger partial charge on any atom is 0.334 e. The van der Waals surface area contributed by atoms with Crippen molar-refractivity contribution in [1.82, 2.24) is 10.2 Å². The number of halogens is 1. The molecule has 0 aliphatic carbocycles. The minimum atomic E-state index is -0.518. The molecule has 1 aromatic heterocycles. The predicted octanol–water partition coefficient (Wildman–Crippen LogP) is 3.01. The van der Waals surface area contributed by atoms with Gasteiger partial charge >= 0.3 is 5.97 Å². The summed E-state index contributed by atoms with van der Waals surface area (Å²) in [4.78, 5) is 11.6. The van der Waals surface area contributed by atoms with Gasteiger partial charge in [0.25, 0.3) is 0 Å². The smallest absolute Gasteiger partial charge is 0.334 e. The maximum absolute atomic E-state index is 13.6. The Morgan fingerprint density at radius 1 is 1.45 bits per heavy atom. The van der Waals surface area contributed by atoms with Gasteiger partial charge in [-0.25, -0.2) is 9.18 Å². The van der Waals surface area contributed by atoms with E-state index in [2.05, 4.69) is 16.8 Å². The fraction of sp³-hybridized carbons (Fsp3) is 0.200. The summed E-state index contributed by atoms with van der Waals surface area (Å²) in [5.41, 5.74) is 2.66. The lowest BCUT2D eigenvalue weighted by Gasteiger charge is -2.17. The first kappa shape index (κ1) is 12.6. The van der Waals surface area contributed by atoms with Crippen molar-refractivity contribution in [2.75, 3.05) is 0 Å². The Balaban J connectivity index is 2.11. The van der Waals surface area contributed by atoms with Crippen LogP contribution in [0.25, 0.3) is 11.1 Å². The standard InChI is InChI=1S/C15H13FN2O2/c1-8-9(2)15(19)20-14(8)13-5-11(16)3-4-12(13)10-6-17-18-7-10/h3-8,14H,2H2,1H3,(H,17,18). The summed E-state index contributed by atoms with van der Waals surface area (Å²) in [6.07, 6.45) is 2.84. The number of carbonyl (C=O) groups excluding carboxylic acids is 1. The fourth-order valence-electron chi connectivity index (χ4n) is 2.42. The number of hydrogen-bond donors (Lipinski definition) is 1. The van der Waals surface area contributed by atoms with Crippen molar-refractivity contribution >= 4 is 5.97 Å². The molecule has 5 heteroatoms. The van der Waals surface area contributed by atoms with E-state index >= 15 is 0 Å². The first-order chi connectivity index (χ1) is 9.58. The SMILES string of the molecule is C=C1C(=O)OC(c2cc(F)ccc2-c2cn[nH]c2)C1C. The number of benzene rings is 1. The quantitative estimate of drug-likeness (QED) is 0.675. The van der Waals surface area contributed by atoms with Crippen LogP contribution in [0.2, 0.25) is 0 Å². The number of hydrogen-bond acceptors (Lipinski definition) is 3. The molecule has 20 heavy (non-hydrogen) atoms. The van der Waals surface area contributed by atoms with Gasteiger partial charge in [0.2, 0.25) is 0 Å². The first-order valence-electron chi connectivity index (χ1n) is 6.26. The summed E-state index contributed by atoms with van der Waals surface area (Å²) >= 11 is 0. The molecule has 0 amide bonds. The number of ether oxygens (including phenoxy) is 1. The topological polar surface area (TPSA) is 55.0 Å². The van der Waals surface area contributed by atoms with E-state index in [0.29, 0.717) is 11.1 Å². The average molecular weight is 272 g/mol. The van der Waals surface area contributed by atoms with E-state index in [-0.39, 0.29) is 11.7 Å². The van der Waals surface area contributed by atoms with E-state index in [0.717, 1.165) is 11.1 Å². The molecule has 102 valence electrons. The van der Waals surface area contributed by atoms with Crippen LogP contribution >= 0.6 is 0 Å². The highest BCUT2D eigenvalue weighted by molar-refractivity contribution is 5.91. The Bertz CT molecular complexity index is 679. The molecule has 1 aromatic carbocycles. The van der Waals surface area contributed by atoms with E-state index in [1.54, 1.807) is 18.5 Å². The minimum Gasteiger partial charge on any atom is -0.453 e. The number of aromatic nitrogens is 2. The molecule has 1 saturated heterocycles. The van der Waals surface area contributed by atoms with Crippen molar-refractivity contribution in [3.63, 3.8) is 0 Å². The number of aromatic amines is 1. The van der Waals surface area contributed by atoms with Gasteiger partial charge in [-0.2, -0.15) is 5.10 Å². The summed E-state index contributed by atoms with van der Waals surface area (Å²) in [5, 5.41) is 6.61. The monoisotopic (exact) mass is 272 g/mol. The largest absolute Gasteiger partial charge is 0.453 e. The zero-order valence-electron chi connectivity index (χ0n) is 10.9. The normalized spacial score (nSPS) is 22.1. The molecule has 1 N–H and O–H groups in total. The summed E-state index contributed by atoms with van der Waals surface area (Å²) in [6.45, 7) is 5.57. The third-order valence-corrected chi connectivity index (χ3v) is 3.63. The average Bonchev–Trinajstić information content (AvgIpc) is 3.03. The van der Waals surface area contributed by atoms with Crippen LogP contribution in [-0.4, -0.2) is 16.2 Å². The zero-order chi connectivity index (χ0) is 14.3. The van der Waals surface area contributed by atoms with Gasteiger partial charge in [-0.15, -0.1) is 0 Å². The van der Waals surface area contributed by atoms with Crippen LogP contribution in [0.3, 0.4) is 0 Å². The van der Waals surface area contributed by atoms with Crippen LogP contribution in [-0.2, 0) is 9.53 Å². The molecule has 0 saturated carbocycles. The van der Waals surface area contributed by atoms with E-state index in [1.807, 2.05) is 6.92 Å². The number of H-pyrrole nitrogens is 1. The second-order valence-corrected chi connectivity index (χ2v) is 4.86. The summed E-state index contributed by atoms with van der Waals surface area (Å²) < 4.78 is 18.9. The van der Waals surface area contributed by atoms with E-state index in [1.165, 1.54) is 12.1 Å². The van der Waals surface area contributed by atoms with Crippen molar-refractivity contribution < 1.29 is 13.9 Å². The van der Waals surface area contributed by atoms with Gasteiger partial charge in [-0.1, -0.05) is 19.6 Å². The van der Waals surface area contributed by atoms with Crippen LogP contribution < -0.4 is 0 Å². The molecule has 4 nitrogen and oxygen atoms in total. The summed E-state index contributed by atoms with van der Waals surface area (Å²) in [7, 11) is 0. The van der Waals surface area contributed by atoms with E-state index in [9.17, 15) is 9.18 Å². The summed E-state index contributed by atoms with van der Waals surface area (Å²) in [5.74, 6) is -0.979. The Labute approximate surface area is 115 Å². The Kier molecular flexibility index (Phi) is 2.89. The Morgan fingerprint density at radius 2 is 2.25 bits per heavy atom. The van der Waals surface area contributed by atoms with Gasteiger partial charge in [-0.3, -0.25) is 5.10 Å². The van der Waals surface area contributed by atoms with Gasteiger partial charge < -0.3 is 4.74 Å². The third kappa shape index (κ3) is 1.91. The molecule has 2 atom stereocenters. The number of nitrogens with one attached hydrogen (secondary N) is 1. The van der Waals surface area contributed by atoms with Crippen molar-refractivity contribution in [3.05, 3.63) is 54.1 Å². The molecule has 1 aliphatic rings. The lowest BCUT2D eigenvalue weighted by Crippen LogP contribution is -2.07. The lowest BCUT2D eigenvalue weighted by atomic mass is 9.89. The van der Waals surface area contributed by atoms with E-state index in [4.69, 9.17) is 4.74 Å². The number of carbonyl (C=O) groups is 1. The molecule has 3 rings (SSSR count). The highest BCUT2D eigenvalue weighted by Crippen LogP contribution is 2.41. The van der Waals surface area contributed by atoms with Crippen LogP contribution in [0.15, 0.2) is 42.7 Å². The number of nitrogens with zero attached hydrogens (tertiary/aromatic N) is 1. The molecule has 0 spiro atoms. The molecule has 2 aromatic rings. The number of cyclic esters (lactones) is 1. The van der Waals surface area contributed by atoms with Crippen LogP contribution in [0.1, 0.15) is 18.6 Å².